The van der Waals surface area contributed by atoms with Gasteiger partial charge in [0, 0.05) is 30.6 Å². The maximum Gasteiger partial charge on any atom is 0.416 e. The zero-order chi connectivity index (χ0) is 22.2. The molecule has 0 aliphatic heterocycles. The average Bonchev–Trinajstić information content (AvgIpc) is 3.21. The molecule has 0 unspecified atom stereocenters. The third-order valence-electron chi connectivity index (χ3n) is 4.87. The maximum absolute atomic E-state index is 13.0. The molecule has 0 spiro atoms. The Labute approximate surface area is 175 Å². The zero-order valence-electron chi connectivity index (χ0n) is 16.6. The Bertz CT molecular complexity index is 1250. The molecule has 4 rings (SSSR count). The molecule has 0 fully saturated rings. The summed E-state index contributed by atoms with van der Waals surface area (Å²) in [6.45, 7) is 0. The quantitative estimate of drug-likeness (QED) is 0.475. The van der Waals surface area contributed by atoms with Crippen LogP contribution in [0.5, 0.6) is 5.75 Å². The number of hydrogen-bond donors (Lipinski definition) is 0. The number of hydrogen-bond acceptors (Lipinski definition) is 4. The van der Waals surface area contributed by atoms with Crippen molar-refractivity contribution in [3.8, 4) is 17.0 Å². The van der Waals surface area contributed by atoms with Gasteiger partial charge in [0.05, 0.1) is 30.8 Å². The molecular weight excluding hydrogens is 409 g/mol. The minimum Gasteiger partial charge on any atom is -0.497 e. The molecule has 2 aromatic heterocycles. The van der Waals surface area contributed by atoms with Gasteiger partial charge in [-0.1, -0.05) is 18.2 Å². The summed E-state index contributed by atoms with van der Waals surface area (Å²) in [7, 11) is 3.16. The van der Waals surface area contributed by atoms with Crippen LogP contribution in [0.4, 0.5) is 18.9 Å². The number of alkyl halides is 3. The number of benzene rings is 2. The highest BCUT2D eigenvalue weighted by atomic mass is 19.4. The number of anilines is 1. The topological polar surface area (TPSA) is 59.7 Å². The normalized spacial score (nSPS) is 11.5. The molecule has 0 N–H and O–H groups in total. The van der Waals surface area contributed by atoms with Gasteiger partial charge in [-0.3, -0.25) is 9.20 Å². The molecule has 0 radical (unpaired) electrons. The fraction of sp³-hybridized carbons (Fsp3) is 0.136. The molecule has 0 saturated heterocycles. The van der Waals surface area contributed by atoms with Crippen LogP contribution in [-0.4, -0.2) is 34.4 Å². The van der Waals surface area contributed by atoms with E-state index in [0.29, 0.717) is 28.3 Å². The molecule has 0 aliphatic carbocycles. The monoisotopic (exact) mass is 426 g/mol. The predicted octanol–water partition coefficient (Wildman–Crippen LogP) is 4.70. The second-order valence-electron chi connectivity index (χ2n) is 6.78. The van der Waals surface area contributed by atoms with Crippen molar-refractivity contribution < 1.29 is 22.7 Å². The summed E-state index contributed by atoms with van der Waals surface area (Å²) in [6, 6.07) is 11.8. The SMILES string of the molecule is COc1cccc(N(C)C(=O)c2cn3c(-c4ccc(C(F)(F)F)cc4)cnc3cn2)c1. The van der Waals surface area contributed by atoms with E-state index < -0.39 is 11.7 Å². The molecule has 6 nitrogen and oxygen atoms in total. The number of carbonyl (C=O) groups excluding carboxylic acids is 1. The number of rotatable bonds is 4. The Hall–Kier alpha value is -3.88. The zero-order valence-corrected chi connectivity index (χ0v) is 16.6. The lowest BCUT2D eigenvalue weighted by molar-refractivity contribution is -0.137. The van der Waals surface area contributed by atoms with E-state index >= 15 is 0 Å². The van der Waals surface area contributed by atoms with Crippen LogP contribution in [0.25, 0.3) is 16.9 Å². The summed E-state index contributed by atoms with van der Waals surface area (Å²) in [4.78, 5) is 22.8. The summed E-state index contributed by atoms with van der Waals surface area (Å²) in [5, 5.41) is 0. The van der Waals surface area contributed by atoms with E-state index in [-0.39, 0.29) is 11.6 Å². The number of fused-ring (bicyclic) bond motifs is 1. The highest BCUT2D eigenvalue weighted by Gasteiger charge is 2.30. The smallest absolute Gasteiger partial charge is 0.416 e. The van der Waals surface area contributed by atoms with E-state index in [2.05, 4.69) is 9.97 Å². The Balaban J connectivity index is 1.68. The number of amides is 1. The fourth-order valence-corrected chi connectivity index (χ4v) is 3.15. The van der Waals surface area contributed by atoms with Gasteiger partial charge in [0.2, 0.25) is 0 Å². The van der Waals surface area contributed by atoms with E-state index in [0.717, 1.165) is 12.1 Å². The molecule has 2 heterocycles. The molecular formula is C22H17F3N4O2. The molecule has 0 aliphatic rings. The lowest BCUT2D eigenvalue weighted by Gasteiger charge is -2.17. The van der Waals surface area contributed by atoms with E-state index in [1.807, 2.05) is 0 Å². The van der Waals surface area contributed by atoms with Crippen molar-refractivity contribution in [2.45, 2.75) is 6.18 Å². The Morgan fingerprint density at radius 1 is 1.06 bits per heavy atom. The summed E-state index contributed by atoms with van der Waals surface area (Å²) in [5.41, 5.74) is 1.59. The first-order valence-corrected chi connectivity index (χ1v) is 9.21. The van der Waals surface area contributed by atoms with Crippen molar-refractivity contribution in [1.29, 1.82) is 0 Å². The molecule has 1 amide bonds. The first kappa shape index (κ1) is 20.4. The second-order valence-corrected chi connectivity index (χ2v) is 6.78. The molecule has 9 heteroatoms. The van der Waals surface area contributed by atoms with Crippen LogP contribution in [0.1, 0.15) is 16.1 Å². The van der Waals surface area contributed by atoms with Crippen LogP contribution in [0.2, 0.25) is 0 Å². The van der Waals surface area contributed by atoms with Crippen LogP contribution in [0.15, 0.2) is 67.1 Å². The largest absolute Gasteiger partial charge is 0.497 e. The van der Waals surface area contributed by atoms with Crippen molar-refractivity contribution in [1.82, 2.24) is 14.4 Å². The van der Waals surface area contributed by atoms with Crippen molar-refractivity contribution in [2.24, 2.45) is 0 Å². The van der Waals surface area contributed by atoms with E-state index in [1.165, 1.54) is 42.7 Å². The first-order valence-electron chi connectivity index (χ1n) is 9.21. The van der Waals surface area contributed by atoms with Crippen molar-refractivity contribution in [3.05, 3.63) is 78.4 Å². The summed E-state index contributed by atoms with van der Waals surface area (Å²) < 4.78 is 45.4. The Morgan fingerprint density at radius 3 is 2.48 bits per heavy atom. The van der Waals surface area contributed by atoms with E-state index in [9.17, 15) is 18.0 Å². The summed E-state index contributed by atoms with van der Waals surface area (Å²) >= 11 is 0. The number of aromatic nitrogens is 3. The van der Waals surface area contributed by atoms with Gasteiger partial charge < -0.3 is 9.64 Å². The van der Waals surface area contributed by atoms with Crippen LogP contribution >= 0.6 is 0 Å². The van der Waals surface area contributed by atoms with Gasteiger partial charge in [-0.2, -0.15) is 13.2 Å². The minimum atomic E-state index is -4.41. The summed E-state index contributed by atoms with van der Waals surface area (Å²) in [6.07, 6.45) is 0.0838. The van der Waals surface area contributed by atoms with Crippen LogP contribution in [0.3, 0.4) is 0 Å². The van der Waals surface area contributed by atoms with Gasteiger partial charge in [-0.25, -0.2) is 9.97 Å². The molecule has 0 atom stereocenters. The molecule has 31 heavy (non-hydrogen) atoms. The summed E-state index contributed by atoms with van der Waals surface area (Å²) in [5.74, 6) is 0.252. The standard InChI is InChI=1S/C22H17F3N4O2/c1-28(16-4-3-5-17(10-16)31-2)21(30)18-13-29-19(11-27-20(29)12-26-18)14-6-8-15(9-7-14)22(23,24)25/h3-13H,1-2H3. The number of nitrogens with zero attached hydrogens (tertiary/aromatic N) is 4. The van der Waals surface area contributed by atoms with Gasteiger partial charge >= 0.3 is 6.18 Å². The van der Waals surface area contributed by atoms with Crippen LogP contribution < -0.4 is 9.64 Å². The predicted molar refractivity (Wildman–Crippen MR) is 109 cm³/mol. The molecule has 0 saturated carbocycles. The van der Waals surface area contributed by atoms with Gasteiger partial charge in [-0.05, 0) is 24.3 Å². The van der Waals surface area contributed by atoms with E-state index in [1.54, 1.807) is 35.7 Å². The number of ether oxygens (including phenoxy) is 1. The first-order chi connectivity index (χ1) is 14.8. The Morgan fingerprint density at radius 2 is 1.81 bits per heavy atom. The highest BCUT2D eigenvalue weighted by molar-refractivity contribution is 6.04. The number of imidazole rings is 1. The van der Waals surface area contributed by atoms with Crippen LogP contribution in [0, 0.1) is 0 Å². The maximum atomic E-state index is 13.0. The molecule has 4 aromatic rings. The van der Waals surface area contributed by atoms with Crippen molar-refractivity contribution in [3.63, 3.8) is 0 Å². The lowest BCUT2D eigenvalue weighted by atomic mass is 10.1. The number of methoxy groups -OCH3 is 1. The van der Waals surface area contributed by atoms with Gasteiger partial charge in [-0.15, -0.1) is 0 Å². The third-order valence-corrected chi connectivity index (χ3v) is 4.87. The number of carbonyl (C=O) groups is 1. The second kappa shape index (κ2) is 7.75. The lowest BCUT2D eigenvalue weighted by Crippen LogP contribution is -2.27. The number of halogens is 3. The fourth-order valence-electron chi connectivity index (χ4n) is 3.15. The van der Waals surface area contributed by atoms with Crippen molar-refractivity contribution in [2.75, 3.05) is 19.1 Å². The van der Waals surface area contributed by atoms with E-state index in [4.69, 9.17) is 4.74 Å². The molecule has 0 bridgehead atoms. The van der Waals surface area contributed by atoms with Gasteiger partial charge in [0.25, 0.3) is 5.91 Å². The molecule has 158 valence electrons. The van der Waals surface area contributed by atoms with Gasteiger partial charge in [0.15, 0.2) is 5.65 Å². The Kier molecular flexibility index (Phi) is 5.10. The highest BCUT2D eigenvalue weighted by Crippen LogP contribution is 2.31. The van der Waals surface area contributed by atoms with Crippen molar-refractivity contribution >= 4 is 17.2 Å². The average molecular weight is 426 g/mol. The van der Waals surface area contributed by atoms with Gasteiger partial charge in [0.1, 0.15) is 11.4 Å². The minimum absolute atomic E-state index is 0.156. The molecule has 2 aromatic carbocycles. The van der Waals surface area contributed by atoms with Crippen LogP contribution in [-0.2, 0) is 6.18 Å². The third kappa shape index (κ3) is 3.94.